The Morgan fingerprint density at radius 3 is 2.82 bits per heavy atom. The Morgan fingerprint density at radius 2 is 2.27 bits per heavy atom. The zero-order valence-corrected chi connectivity index (χ0v) is 6.30. The van der Waals surface area contributed by atoms with Crippen molar-refractivity contribution in [1.29, 1.82) is 0 Å². The van der Waals surface area contributed by atoms with E-state index in [1.807, 2.05) is 0 Å². The van der Waals surface area contributed by atoms with Crippen molar-refractivity contribution in [2.24, 2.45) is 0 Å². The predicted molar refractivity (Wildman–Crippen MR) is 40.9 cm³/mol. The van der Waals surface area contributed by atoms with Gasteiger partial charge in [0.1, 0.15) is 12.1 Å². The molecule has 0 amide bonds. The Labute approximate surface area is 64.9 Å². The van der Waals surface area contributed by atoms with Crippen LogP contribution in [0.15, 0.2) is 18.2 Å². The second kappa shape index (κ2) is 3.28. The van der Waals surface area contributed by atoms with Gasteiger partial charge in [-0.1, -0.05) is 12.1 Å². The third kappa shape index (κ3) is 1.87. The highest BCUT2D eigenvalue weighted by Gasteiger charge is 1.97. The van der Waals surface area contributed by atoms with Gasteiger partial charge in [0.2, 0.25) is 0 Å². The molecule has 0 N–H and O–H groups in total. The van der Waals surface area contributed by atoms with E-state index in [4.69, 9.17) is 0 Å². The number of aryl methyl sites for hydroxylation is 1. The maximum absolute atomic E-state index is 12.7. The molecule has 2 heteroatoms. The minimum Gasteiger partial charge on any atom is -0.303 e. The predicted octanol–water partition coefficient (Wildman–Crippen LogP) is 1.88. The summed E-state index contributed by atoms with van der Waals surface area (Å²) in [6.45, 7) is 1.68. The molecule has 0 aromatic heterocycles. The Bertz CT molecular complexity index is 268. The lowest BCUT2D eigenvalue weighted by Gasteiger charge is -1.97. The molecule has 11 heavy (non-hydrogen) atoms. The molecule has 58 valence electrons. The first-order valence-electron chi connectivity index (χ1n) is 3.42. The molecule has 0 fully saturated rings. The molecule has 1 aromatic carbocycles. The van der Waals surface area contributed by atoms with Crippen molar-refractivity contribution in [3.05, 3.63) is 35.1 Å². The summed E-state index contributed by atoms with van der Waals surface area (Å²) < 4.78 is 12.7. The molecule has 0 saturated carbocycles. The summed E-state index contributed by atoms with van der Waals surface area (Å²) in [6, 6.07) is 4.69. The van der Waals surface area contributed by atoms with Gasteiger partial charge < -0.3 is 4.79 Å². The number of hydrogen-bond acceptors (Lipinski definition) is 1. The molecule has 0 spiro atoms. The van der Waals surface area contributed by atoms with Crippen LogP contribution in [0.2, 0.25) is 0 Å². The Kier molecular flexibility index (Phi) is 2.36. The molecule has 0 unspecified atom stereocenters. The highest BCUT2D eigenvalue weighted by Crippen LogP contribution is 2.08. The second-order valence-corrected chi connectivity index (χ2v) is 2.45. The Balaban J connectivity index is 2.95. The molecule has 1 nitrogen and oxygen atoms in total. The lowest BCUT2D eigenvalue weighted by atomic mass is 10.1. The van der Waals surface area contributed by atoms with E-state index in [9.17, 15) is 9.18 Å². The summed E-state index contributed by atoms with van der Waals surface area (Å²) in [7, 11) is 0. The summed E-state index contributed by atoms with van der Waals surface area (Å²) in [5.41, 5.74) is 1.45. The summed E-state index contributed by atoms with van der Waals surface area (Å²) in [5, 5.41) is 0. The van der Waals surface area contributed by atoms with Crippen LogP contribution in [0.5, 0.6) is 0 Å². The van der Waals surface area contributed by atoms with Crippen LogP contribution in [-0.2, 0) is 11.2 Å². The molecule has 0 heterocycles. The fourth-order valence-electron chi connectivity index (χ4n) is 0.930. The molecule has 1 aromatic rings. The third-order valence-electron chi connectivity index (χ3n) is 1.54. The summed E-state index contributed by atoms with van der Waals surface area (Å²) in [4.78, 5) is 10.1. The highest BCUT2D eigenvalue weighted by molar-refractivity contribution is 5.55. The number of carbonyl (C=O) groups is 1. The number of aldehydes is 1. The maximum Gasteiger partial charge on any atom is 0.126 e. The lowest BCUT2D eigenvalue weighted by molar-refractivity contribution is -0.107. The number of rotatable bonds is 2. The van der Waals surface area contributed by atoms with Gasteiger partial charge >= 0.3 is 0 Å². The molecule has 0 radical (unpaired) electrons. The van der Waals surface area contributed by atoms with E-state index in [1.165, 1.54) is 6.07 Å². The fraction of sp³-hybridized carbons (Fsp3) is 0.222. The molecule has 0 aliphatic rings. The van der Waals surface area contributed by atoms with Crippen LogP contribution >= 0.6 is 0 Å². The van der Waals surface area contributed by atoms with E-state index in [1.54, 1.807) is 19.1 Å². The maximum atomic E-state index is 12.7. The monoisotopic (exact) mass is 152 g/mol. The average molecular weight is 152 g/mol. The first-order chi connectivity index (χ1) is 5.24. The van der Waals surface area contributed by atoms with Gasteiger partial charge in [0.15, 0.2) is 0 Å². The van der Waals surface area contributed by atoms with Gasteiger partial charge in [0.05, 0.1) is 0 Å². The molecule has 0 aliphatic carbocycles. The minimum atomic E-state index is -0.223. The largest absolute Gasteiger partial charge is 0.303 e. The number of carbonyl (C=O) groups excluding carboxylic acids is 1. The fourth-order valence-corrected chi connectivity index (χ4v) is 0.930. The van der Waals surface area contributed by atoms with E-state index in [-0.39, 0.29) is 5.82 Å². The number of halogens is 1. The van der Waals surface area contributed by atoms with Gasteiger partial charge in [-0.25, -0.2) is 4.39 Å². The SMILES string of the molecule is Cc1cc(CC=O)ccc1F. The van der Waals surface area contributed by atoms with Crippen LogP contribution < -0.4 is 0 Å². The van der Waals surface area contributed by atoms with E-state index >= 15 is 0 Å². The van der Waals surface area contributed by atoms with Gasteiger partial charge in [0.25, 0.3) is 0 Å². The van der Waals surface area contributed by atoms with Gasteiger partial charge in [-0.05, 0) is 24.1 Å². The smallest absolute Gasteiger partial charge is 0.126 e. The summed E-state index contributed by atoms with van der Waals surface area (Å²) in [6.07, 6.45) is 1.17. The van der Waals surface area contributed by atoms with Crippen LogP contribution in [0.25, 0.3) is 0 Å². The van der Waals surface area contributed by atoms with Crippen LogP contribution in [0.4, 0.5) is 4.39 Å². The highest BCUT2D eigenvalue weighted by atomic mass is 19.1. The van der Waals surface area contributed by atoms with E-state index < -0.39 is 0 Å². The van der Waals surface area contributed by atoms with Gasteiger partial charge in [0, 0.05) is 6.42 Å². The van der Waals surface area contributed by atoms with Crippen LogP contribution in [0.3, 0.4) is 0 Å². The van der Waals surface area contributed by atoms with E-state index in [0.29, 0.717) is 12.0 Å². The first-order valence-corrected chi connectivity index (χ1v) is 3.42. The summed E-state index contributed by atoms with van der Waals surface area (Å²) >= 11 is 0. The number of hydrogen-bond donors (Lipinski definition) is 0. The van der Waals surface area contributed by atoms with Gasteiger partial charge in [-0.2, -0.15) is 0 Å². The van der Waals surface area contributed by atoms with Gasteiger partial charge in [-0.15, -0.1) is 0 Å². The quantitative estimate of drug-likeness (QED) is 0.591. The normalized spacial score (nSPS) is 9.64. The standard InChI is InChI=1S/C9H9FO/c1-7-6-8(4-5-11)2-3-9(7)10/h2-3,5-6H,4H2,1H3. The van der Waals surface area contributed by atoms with Crippen molar-refractivity contribution < 1.29 is 9.18 Å². The second-order valence-electron chi connectivity index (χ2n) is 2.45. The lowest BCUT2D eigenvalue weighted by Crippen LogP contribution is -1.88. The average Bonchev–Trinajstić information content (AvgIpc) is 1.98. The molecule has 0 bridgehead atoms. The van der Waals surface area contributed by atoms with E-state index in [2.05, 4.69) is 0 Å². The molecule has 1 rings (SSSR count). The first kappa shape index (κ1) is 7.92. The van der Waals surface area contributed by atoms with Crippen LogP contribution in [-0.4, -0.2) is 6.29 Å². The van der Waals surface area contributed by atoms with Gasteiger partial charge in [-0.3, -0.25) is 0 Å². The van der Waals surface area contributed by atoms with Crippen molar-refractivity contribution in [1.82, 2.24) is 0 Å². The zero-order valence-electron chi connectivity index (χ0n) is 6.30. The summed E-state index contributed by atoms with van der Waals surface area (Å²) in [5.74, 6) is -0.223. The minimum absolute atomic E-state index is 0.223. The van der Waals surface area contributed by atoms with Crippen molar-refractivity contribution >= 4 is 6.29 Å². The van der Waals surface area contributed by atoms with Crippen molar-refractivity contribution in [3.63, 3.8) is 0 Å². The number of benzene rings is 1. The Morgan fingerprint density at radius 1 is 1.55 bits per heavy atom. The van der Waals surface area contributed by atoms with Crippen molar-refractivity contribution in [2.45, 2.75) is 13.3 Å². The molecule has 0 atom stereocenters. The van der Waals surface area contributed by atoms with Crippen LogP contribution in [0, 0.1) is 12.7 Å². The molecule has 0 aliphatic heterocycles. The topological polar surface area (TPSA) is 17.1 Å². The molecular weight excluding hydrogens is 143 g/mol. The van der Waals surface area contributed by atoms with Crippen molar-refractivity contribution in [3.8, 4) is 0 Å². The Hall–Kier alpha value is -1.18. The zero-order chi connectivity index (χ0) is 8.27. The van der Waals surface area contributed by atoms with Crippen molar-refractivity contribution in [2.75, 3.05) is 0 Å². The van der Waals surface area contributed by atoms with Crippen LogP contribution in [0.1, 0.15) is 11.1 Å². The molecular formula is C9H9FO. The van der Waals surface area contributed by atoms with E-state index in [0.717, 1.165) is 11.8 Å². The molecule has 0 saturated heterocycles. The third-order valence-corrected chi connectivity index (χ3v) is 1.54.